The predicted molar refractivity (Wildman–Crippen MR) is 82.0 cm³/mol. The number of cyclic esters (lactones) is 2. The van der Waals surface area contributed by atoms with Crippen molar-refractivity contribution in [3.63, 3.8) is 0 Å². The summed E-state index contributed by atoms with van der Waals surface area (Å²) in [6, 6.07) is 0. The van der Waals surface area contributed by atoms with E-state index >= 15 is 0 Å². The number of rotatable bonds is 2. The fraction of sp³-hybridized carbons (Fsp3) is 0.833. The second kappa shape index (κ2) is 5.32. The number of hydrogen-bond acceptors (Lipinski definition) is 5. The van der Waals surface area contributed by atoms with Gasteiger partial charge in [-0.2, -0.15) is 0 Å². The van der Waals surface area contributed by atoms with Crippen LogP contribution in [-0.2, 0) is 23.9 Å². The van der Waals surface area contributed by atoms with Gasteiger partial charge in [-0.25, -0.2) is 0 Å². The van der Waals surface area contributed by atoms with Crippen LogP contribution in [0.4, 0.5) is 0 Å². The molecular formula is C18H26O5. The number of carbonyl (C=O) groups excluding carboxylic acids is 3. The zero-order chi connectivity index (χ0) is 17.1. The molecule has 2 aliphatic carbocycles. The van der Waals surface area contributed by atoms with Gasteiger partial charge in [-0.15, -0.1) is 0 Å². The summed E-state index contributed by atoms with van der Waals surface area (Å²) in [5, 5.41) is 0. The minimum atomic E-state index is -0.504. The van der Waals surface area contributed by atoms with Crippen molar-refractivity contribution in [2.75, 3.05) is 0 Å². The third kappa shape index (κ3) is 2.68. The van der Waals surface area contributed by atoms with E-state index in [1.54, 1.807) is 6.92 Å². The summed E-state index contributed by atoms with van der Waals surface area (Å²) in [5.74, 6) is -1.04. The van der Waals surface area contributed by atoms with Gasteiger partial charge in [-0.1, -0.05) is 13.8 Å². The van der Waals surface area contributed by atoms with Crippen molar-refractivity contribution in [3.8, 4) is 0 Å². The van der Waals surface area contributed by atoms with Gasteiger partial charge in [0, 0.05) is 0 Å². The van der Waals surface area contributed by atoms with Crippen LogP contribution in [0.2, 0.25) is 0 Å². The lowest BCUT2D eigenvalue weighted by Gasteiger charge is -2.37. The van der Waals surface area contributed by atoms with Gasteiger partial charge in [0.25, 0.3) is 0 Å². The van der Waals surface area contributed by atoms with E-state index in [9.17, 15) is 14.4 Å². The zero-order valence-corrected chi connectivity index (χ0v) is 14.5. The van der Waals surface area contributed by atoms with E-state index < -0.39 is 29.4 Å². The fourth-order valence-electron chi connectivity index (χ4n) is 5.01. The third-order valence-electron chi connectivity index (χ3n) is 6.00. The van der Waals surface area contributed by atoms with Crippen LogP contribution in [0, 0.1) is 41.4 Å². The molecule has 0 spiro atoms. The van der Waals surface area contributed by atoms with Gasteiger partial charge in [0.2, 0.25) is 0 Å². The number of carbonyl (C=O) groups is 3. The monoisotopic (exact) mass is 322 g/mol. The summed E-state index contributed by atoms with van der Waals surface area (Å²) in [5.41, 5.74) is -0.504. The highest BCUT2D eigenvalue weighted by Crippen LogP contribution is 2.59. The topological polar surface area (TPSA) is 69.7 Å². The molecule has 0 amide bonds. The van der Waals surface area contributed by atoms with Crippen LogP contribution in [0.25, 0.3) is 0 Å². The number of fused-ring (bicyclic) bond motifs is 2. The van der Waals surface area contributed by atoms with Crippen LogP contribution < -0.4 is 0 Å². The Labute approximate surface area is 137 Å². The molecule has 0 aromatic rings. The summed E-state index contributed by atoms with van der Waals surface area (Å²) in [4.78, 5) is 36.4. The molecule has 2 saturated carbocycles. The van der Waals surface area contributed by atoms with Crippen molar-refractivity contribution in [1.29, 1.82) is 0 Å². The smallest absolute Gasteiger partial charge is 0.317 e. The molecule has 1 aliphatic heterocycles. The molecule has 0 aromatic carbocycles. The summed E-state index contributed by atoms with van der Waals surface area (Å²) >= 11 is 0. The van der Waals surface area contributed by atoms with E-state index in [4.69, 9.17) is 9.47 Å². The lowest BCUT2D eigenvalue weighted by molar-refractivity contribution is -0.165. The molecule has 1 heterocycles. The normalized spacial score (nSPS) is 42.9. The molecule has 0 aromatic heterocycles. The minimum absolute atomic E-state index is 0.0419. The van der Waals surface area contributed by atoms with E-state index in [-0.39, 0.29) is 23.7 Å². The minimum Gasteiger partial charge on any atom is -0.460 e. The molecule has 1 saturated heterocycles. The molecule has 7 atom stereocenters. The first-order valence-electron chi connectivity index (χ1n) is 8.58. The van der Waals surface area contributed by atoms with Crippen molar-refractivity contribution in [2.45, 2.75) is 53.1 Å². The largest absolute Gasteiger partial charge is 0.460 e. The molecular weight excluding hydrogens is 296 g/mol. The summed E-state index contributed by atoms with van der Waals surface area (Å²) in [6.45, 7) is 9.51. The van der Waals surface area contributed by atoms with Crippen LogP contribution in [0.3, 0.4) is 0 Å². The van der Waals surface area contributed by atoms with Crippen molar-refractivity contribution >= 4 is 17.9 Å². The van der Waals surface area contributed by atoms with Gasteiger partial charge in [0.1, 0.15) is 5.60 Å². The molecule has 5 heteroatoms. The van der Waals surface area contributed by atoms with Gasteiger partial charge in [0.05, 0.1) is 17.8 Å². The highest BCUT2D eigenvalue weighted by Gasteiger charge is 2.60. The van der Waals surface area contributed by atoms with E-state index in [0.29, 0.717) is 11.8 Å². The molecule has 3 aliphatic rings. The second-order valence-corrected chi connectivity index (χ2v) is 8.53. The standard InChI is InChI=1S/C18H26O5/c1-8-10-6-11(12(7-10)16(20)23-18(3,4)5)13(8)14-9(2)15(19)22-17(14)21/h8-14H,6-7H2,1-5H3. The highest BCUT2D eigenvalue weighted by atomic mass is 16.6. The van der Waals surface area contributed by atoms with Crippen LogP contribution >= 0.6 is 0 Å². The first-order valence-corrected chi connectivity index (χ1v) is 8.58. The SMILES string of the molecule is CC1C(=O)OC(=O)C1C1C(C)C2CC(C(=O)OC(C)(C)C)C1C2. The Hall–Kier alpha value is -1.39. The lowest BCUT2D eigenvalue weighted by atomic mass is 9.66. The molecule has 0 radical (unpaired) electrons. The van der Waals surface area contributed by atoms with Crippen molar-refractivity contribution in [2.24, 2.45) is 41.4 Å². The number of ether oxygens (including phenoxy) is 2. The molecule has 128 valence electrons. The Morgan fingerprint density at radius 1 is 1.13 bits per heavy atom. The zero-order valence-electron chi connectivity index (χ0n) is 14.5. The predicted octanol–water partition coefficient (Wildman–Crippen LogP) is 2.57. The van der Waals surface area contributed by atoms with Crippen molar-refractivity contribution in [1.82, 2.24) is 0 Å². The van der Waals surface area contributed by atoms with E-state index in [0.717, 1.165) is 12.8 Å². The van der Waals surface area contributed by atoms with Gasteiger partial charge in [0.15, 0.2) is 0 Å². The Morgan fingerprint density at radius 2 is 1.78 bits per heavy atom. The number of esters is 3. The molecule has 3 rings (SSSR count). The van der Waals surface area contributed by atoms with Gasteiger partial charge in [-0.3, -0.25) is 14.4 Å². The Kier molecular flexibility index (Phi) is 3.81. The van der Waals surface area contributed by atoms with Gasteiger partial charge < -0.3 is 9.47 Å². The van der Waals surface area contributed by atoms with Crippen molar-refractivity contribution in [3.05, 3.63) is 0 Å². The summed E-state index contributed by atoms with van der Waals surface area (Å²) in [6.07, 6.45) is 1.78. The molecule has 0 N–H and O–H groups in total. The van der Waals surface area contributed by atoms with Crippen LogP contribution in [0.15, 0.2) is 0 Å². The number of hydrogen-bond donors (Lipinski definition) is 0. The third-order valence-corrected chi connectivity index (χ3v) is 6.00. The molecule has 2 bridgehead atoms. The fourth-order valence-corrected chi connectivity index (χ4v) is 5.01. The van der Waals surface area contributed by atoms with E-state index in [1.807, 2.05) is 20.8 Å². The maximum Gasteiger partial charge on any atom is 0.317 e. The van der Waals surface area contributed by atoms with Crippen LogP contribution in [0.1, 0.15) is 47.5 Å². The average molecular weight is 322 g/mol. The van der Waals surface area contributed by atoms with Gasteiger partial charge in [-0.05, 0) is 57.3 Å². The van der Waals surface area contributed by atoms with Crippen LogP contribution in [-0.4, -0.2) is 23.5 Å². The van der Waals surface area contributed by atoms with Crippen molar-refractivity contribution < 1.29 is 23.9 Å². The Bertz CT molecular complexity index is 546. The maximum atomic E-state index is 12.5. The molecule has 5 nitrogen and oxygen atoms in total. The first kappa shape index (κ1) is 16.5. The molecule has 7 unspecified atom stereocenters. The summed E-state index contributed by atoms with van der Waals surface area (Å²) in [7, 11) is 0. The Balaban J connectivity index is 1.81. The summed E-state index contributed by atoms with van der Waals surface area (Å²) < 4.78 is 10.4. The quantitative estimate of drug-likeness (QED) is 0.577. The van der Waals surface area contributed by atoms with Crippen LogP contribution in [0.5, 0.6) is 0 Å². The molecule has 23 heavy (non-hydrogen) atoms. The van der Waals surface area contributed by atoms with E-state index in [1.165, 1.54) is 0 Å². The average Bonchev–Trinajstić information content (AvgIpc) is 3.03. The Morgan fingerprint density at radius 3 is 2.26 bits per heavy atom. The van der Waals surface area contributed by atoms with Gasteiger partial charge >= 0.3 is 17.9 Å². The lowest BCUT2D eigenvalue weighted by Crippen LogP contribution is -2.41. The molecule has 3 fully saturated rings. The maximum absolute atomic E-state index is 12.5. The second-order valence-electron chi connectivity index (χ2n) is 8.53. The van der Waals surface area contributed by atoms with E-state index in [2.05, 4.69) is 6.92 Å². The highest BCUT2D eigenvalue weighted by molar-refractivity contribution is 5.96. The first-order chi connectivity index (χ1) is 10.6.